The molecule has 0 nitrogen and oxygen atoms in total. The van der Waals surface area contributed by atoms with E-state index in [9.17, 15) is 0 Å². The minimum Gasteiger partial charge on any atom is -0.163 e. The average Bonchev–Trinajstić information content (AvgIpc) is 1.41. The van der Waals surface area contributed by atoms with Gasteiger partial charge >= 0.3 is 21.1 Å². The van der Waals surface area contributed by atoms with Crippen molar-refractivity contribution in [3.8, 4) is 0 Å². The van der Waals surface area contributed by atoms with E-state index in [2.05, 4.69) is 13.8 Å². The first-order valence-corrected chi connectivity index (χ1v) is 3.15. The number of thioether (sulfide) groups is 1. The molecular weight excluding hydrogens is 275 g/mol. The Morgan fingerprint density at radius 1 is 1.17 bits per heavy atom. The van der Waals surface area contributed by atoms with E-state index in [0.717, 1.165) is 0 Å². The van der Waals surface area contributed by atoms with Gasteiger partial charge in [0.2, 0.25) is 0 Å². The number of hydrogen-bond acceptors (Lipinski definition) is 1. The van der Waals surface area contributed by atoms with Crippen LogP contribution in [0.4, 0.5) is 0 Å². The molecule has 0 aromatic rings. The summed E-state index contributed by atoms with van der Waals surface area (Å²) in [7, 11) is 0. The molecule has 0 radical (unpaired) electrons. The molecule has 6 heavy (non-hydrogen) atoms. The van der Waals surface area contributed by atoms with Gasteiger partial charge in [0.15, 0.2) is 0 Å². The standard InChI is InChI=1S/C4H10S.Pt/c1-3-5-4-2;/h3-4H2,1-2H3;/q;+2. The van der Waals surface area contributed by atoms with Crippen molar-refractivity contribution in [2.45, 2.75) is 13.8 Å². The predicted molar refractivity (Wildman–Crippen MR) is 28.7 cm³/mol. The van der Waals surface area contributed by atoms with Crippen molar-refractivity contribution in [3.63, 3.8) is 0 Å². The van der Waals surface area contributed by atoms with Crippen LogP contribution in [-0.4, -0.2) is 11.5 Å². The summed E-state index contributed by atoms with van der Waals surface area (Å²) in [5.74, 6) is 2.52. The Kier molecular flexibility index (Phi) is 15.8. The van der Waals surface area contributed by atoms with Crippen molar-refractivity contribution < 1.29 is 21.1 Å². The second-order valence-corrected chi connectivity index (χ2v) is 2.34. The monoisotopic (exact) mass is 285 g/mol. The molecule has 40 valence electrons. The minimum absolute atomic E-state index is 0. The molecule has 0 aromatic heterocycles. The molecule has 0 atom stereocenters. The van der Waals surface area contributed by atoms with Crippen LogP contribution in [0.25, 0.3) is 0 Å². The molecule has 0 unspecified atom stereocenters. The Balaban J connectivity index is 0. The number of rotatable bonds is 2. The Bertz CT molecular complexity index is 15.0. The van der Waals surface area contributed by atoms with E-state index in [4.69, 9.17) is 0 Å². The SMILES string of the molecule is CCSCC.[Pt+2]. The average molecular weight is 285 g/mol. The van der Waals surface area contributed by atoms with Gasteiger partial charge in [-0.05, 0) is 11.5 Å². The third-order valence-electron chi connectivity index (χ3n) is 0.408. The summed E-state index contributed by atoms with van der Waals surface area (Å²) in [5.41, 5.74) is 0. The Morgan fingerprint density at radius 2 is 1.50 bits per heavy atom. The zero-order chi connectivity index (χ0) is 4.12. The summed E-state index contributed by atoms with van der Waals surface area (Å²) >= 11 is 1.96. The molecule has 0 aliphatic carbocycles. The van der Waals surface area contributed by atoms with Gasteiger partial charge < -0.3 is 0 Å². The first-order chi connectivity index (χ1) is 2.41. The zero-order valence-corrected chi connectivity index (χ0v) is 7.23. The second kappa shape index (κ2) is 9.40. The van der Waals surface area contributed by atoms with Crippen LogP contribution in [0.3, 0.4) is 0 Å². The van der Waals surface area contributed by atoms with E-state index in [1.165, 1.54) is 11.5 Å². The van der Waals surface area contributed by atoms with E-state index in [0.29, 0.717) is 0 Å². The Labute approximate surface area is 58.3 Å². The van der Waals surface area contributed by atoms with E-state index in [1.807, 2.05) is 11.8 Å². The van der Waals surface area contributed by atoms with E-state index >= 15 is 0 Å². The van der Waals surface area contributed by atoms with Gasteiger partial charge in [0.05, 0.1) is 0 Å². The van der Waals surface area contributed by atoms with Crippen molar-refractivity contribution >= 4 is 11.8 Å². The van der Waals surface area contributed by atoms with Crippen molar-refractivity contribution in [1.82, 2.24) is 0 Å². The third kappa shape index (κ3) is 8.90. The molecule has 0 bridgehead atoms. The topological polar surface area (TPSA) is 0 Å². The summed E-state index contributed by atoms with van der Waals surface area (Å²) in [4.78, 5) is 0. The molecule has 0 amide bonds. The van der Waals surface area contributed by atoms with Crippen molar-refractivity contribution in [3.05, 3.63) is 0 Å². The number of hydrogen-bond donors (Lipinski definition) is 0. The van der Waals surface area contributed by atoms with Gasteiger partial charge in [0, 0.05) is 0 Å². The van der Waals surface area contributed by atoms with Crippen LogP contribution in [-0.2, 0) is 21.1 Å². The molecule has 0 saturated heterocycles. The fourth-order valence-electron chi connectivity index (χ4n) is 0.204. The molecule has 0 heterocycles. The van der Waals surface area contributed by atoms with Crippen molar-refractivity contribution in [2.75, 3.05) is 11.5 Å². The van der Waals surface area contributed by atoms with Gasteiger partial charge in [-0.25, -0.2) is 0 Å². The molecule has 0 aliphatic rings. The Hall–Kier alpha value is 1.04. The summed E-state index contributed by atoms with van der Waals surface area (Å²) < 4.78 is 0. The first-order valence-electron chi connectivity index (χ1n) is 1.99. The summed E-state index contributed by atoms with van der Waals surface area (Å²) in [6, 6.07) is 0. The molecular formula is C4H10PtS+2. The Morgan fingerprint density at radius 3 is 1.50 bits per heavy atom. The fourth-order valence-corrected chi connectivity index (χ4v) is 0.612. The van der Waals surface area contributed by atoms with Crippen LogP contribution in [0.2, 0.25) is 0 Å². The van der Waals surface area contributed by atoms with Crippen LogP contribution in [0.15, 0.2) is 0 Å². The zero-order valence-electron chi connectivity index (χ0n) is 4.14. The van der Waals surface area contributed by atoms with E-state index < -0.39 is 0 Å². The fraction of sp³-hybridized carbons (Fsp3) is 1.00. The molecule has 0 aliphatic heterocycles. The summed E-state index contributed by atoms with van der Waals surface area (Å²) in [5, 5.41) is 0. The van der Waals surface area contributed by atoms with Gasteiger partial charge in [-0.1, -0.05) is 13.8 Å². The molecule has 0 aromatic carbocycles. The van der Waals surface area contributed by atoms with Gasteiger partial charge in [0.25, 0.3) is 0 Å². The maximum absolute atomic E-state index is 2.17. The molecule has 0 saturated carbocycles. The van der Waals surface area contributed by atoms with E-state index in [1.54, 1.807) is 0 Å². The van der Waals surface area contributed by atoms with Gasteiger partial charge in [-0.3, -0.25) is 0 Å². The van der Waals surface area contributed by atoms with Crippen LogP contribution in [0.5, 0.6) is 0 Å². The quantitative estimate of drug-likeness (QED) is 0.745. The maximum Gasteiger partial charge on any atom is 2.00 e. The molecule has 2 heteroatoms. The van der Waals surface area contributed by atoms with Crippen LogP contribution in [0, 0.1) is 0 Å². The summed E-state index contributed by atoms with van der Waals surface area (Å²) in [6.07, 6.45) is 0. The van der Waals surface area contributed by atoms with Crippen LogP contribution >= 0.6 is 11.8 Å². The minimum atomic E-state index is 0. The largest absolute Gasteiger partial charge is 2.00 e. The molecule has 0 fully saturated rings. The van der Waals surface area contributed by atoms with Gasteiger partial charge in [-0.2, -0.15) is 11.8 Å². The second-order valence-electron chi connectivity index (χ2n) is 0.781. The van der Waals surface area contributed by atoms with Crippen molar-refractivity contribution in [2.24, 2.45) is 0 Å². The molecule has 0 N–H and O–H groups in total. The first kappa shape index (κ1) is 10.1. The van der Waals surface area contributed by atoms with Gasteiger partial charge in [-0.15, -0.1) is 0 Å². The summed E-state index contributed by atoms with van der Waals surface area (Å²) in [6.45, 7) is 4.35. The molecule has 0 rings (SSSR count). The maximum atomic E-state index is 2.17. The normalized spacial score (nSPS) is 7.00. The third-order valence-corrected chi connectivity index (χ3v) is 1.22. The van der Waals surface area contributed by atoms with Crippen LogP contribution in [0.1, 0.15) is 13.8 Å². The van der Waals surface area contributed by atoms with Crippen molar-refractivity contribution in [1.29, 1.82) is 0 Å². The predicted octanol–water partition coefficient (Wildman–Crippen LogP) is 1.76. The van der Waals surface area contributed by atoms with E-state index in [-0.39, 0.29) is 21.1 Å². The van der Waals surface area contributed by atoms with Crippen LogP contribution < -0.4 is 0 Å². The smallest absolute Gasteiger partial charge is 0.163 e. The van der Waals surface area contributed by atoms with Gasteiger partial charge in [0.1, 0.15) is 0 Å². The molecule has 0 spiro atoms.